The van der Waals surface area contributed by atoms with Crippen LogP contribution in [-0.2, 0) is 0 Å². The third kappa shape index (κ3) is 1.91. The van der Waals surface area contributed by atoms with Crippen molar-refractivity contribution in [2.75, 3.05) is 0 Å². The molecule has 2 aromatic rings. The first-order chi connectivity index (χ1) is 7.59. The molecule has 0 saturated heterocycles. The summed E-state index contributed by atoms with van der Waals surface area (Å²) in [6.07, 6.45) is 3.60. The average molecular weight is 234 g/mol. The molecular weight excluding hydrogens is 222 g/mol. The summed E-state index contributed by atoms with van der Waals surface area (Å²) >= 11 is 5.92. The van der Waals surface area contributed by atoms with Gasteiger partial charge >= 0.3 is 0 Å². The zero-order valence-corrected chi connectivity index (χ0v) is 10.2. The van der Waals surface area contributed by atoms with E-state index in [4.69, 9.17) is 11.6 Å². The summed E-state index contributed by atoms with van der Waals surface area (Å²) in [5.41, 5.74) is 4.94. The van der Waals surface area contributed by atoms with Crippen LogP contribution in [-0.4, -0.2) is 15.2 Å². The van der Waals surface area contributed by atoms with E-state index in [9.17, 15) is 0 Å². The molecule has 0 amide bonds. The molecule has 0 N–H and O–H groups in total. The molecule has 2 heterocycles. The standard InChI is InChI=1S/C12H12ClN3/c1-7-4-10(6-14-5-7)11-8(2)9(3)12(13)16-15-11/h4-6H,1-3H3. The molecule has 0 aliphatic rings. The minimum absolute atomic E-state index is 0.460. The smallest absolute Gasteiger partial charge is 0.154 e. The minimum Gasteiger partial charge on any atom is -0.264 e. The third-order valence-electron chi connectivity index (χ3n) is 2.61. The number of halogens is 1. The van der Waals surface area contributed by atoms with Crippen LogP contribution < -0.4 is 0 Å². The lowest BCUT2D eigenvalue weighted by Crippen LogP contribution is -1.97. The lowest BCUT2D eigenvalue weighted by molar-refractivity contribution is 1.00. The molecule has 0 unspecified atom stereocenters. The van der Waals surface area contributed by atoms with Crippen molar-refractivity contribution in [2.24, 2.45) is 0 Å². The van der Waals surface area contributed by atoms with E-state index in [0.29, 0.717) is 5.15 Å². The van der Waals surface area contributed by atoms with E-state index in [-0.39, 0.29) is 0 Å². The van der Waals surface area contributed by atoms with Crippen LogP contribution in [0.25, 0.3) is 11.3 Å². The molecule has 0 aliphatic carbocycles. The maximum Gasteiger partial charge on any atom is 0.154 e. The molecule has 82 valence electrons. The first-order valence-corrected chi connectivity index (χ1v) is 5.39. The quantitative estimate of drug-likeness (QED) is 0.760. The van der Waals surface area contributed by atoms with Gasteiger partial charge in [0.15, 0.2) is 5.15 Å². The van der Waals surface area contributed by atoms with Gasteiger partial charge in [0, 0.05) is 18.0 Å². The molecule has 2 aromatic heterocycles. The van der Waals surface area contributed by atoms with Gasteiger partial charge in [-0.1, -0.05) is 11.6 Å². The van der Waals surface area contributed by atoms with E-state index in [1.165, 1.54) is 0 Å². The molecule has 0 fully saturated rings. The molecule has 4 heteroatoms. The maximum atomic E-state index is 5.92. The summed E-state index contributed by atoms with van der Waals surface area (Å²) in [7, 11) is 0. The van der Waals surface area contributed by atoms with Crippen LogP contribution in [0.1, 0.15) is 16.7 Å². The molecule has 0 atom stereocenters. The third-order valence-corrected chi connectivity index (χ3v) is 2.97. The van der Waals surface area contributed by atoms with Gasteiger partial charge in [0.2, 0.25) is 0 Å². The van der Waals surface area contributed by atoms with Gasteiger partial charge in [0.1, 0.15) is 0 Å². The Bertz CT molecular complexity index is 538. The van der Waals surface area contributed by atoms with E-state index >= 15 is 0 Å². The van der Waals surface area contributed by atoms with Crippen molar-refractivity contribution in [2.45, 2.75) is 20.8 Å². The number of aryl methyl sites for hydroxylation is 1. The van der Waals surface area contributed by atoms with E-state index in [2.05, 4.69) is 15.2 Å². The topological polar surface area (TPSA) is 38.7 Å². The fourth-order valence-corrected chi connectivity index (χ4v) is 1.71. The summed E-state index contributed by atoms with van der Waals surface area (Å²) in [4.78, 5) is 4.15. The van der Waals surface area contributed by atoms with Crippen molar-refractivity contribution >= 4 is 11.6 Å². The van der Waals surface area contributed by atoms with Crippen molar-refractivity contribution in [3.05, 3.63) is 40.3 Å². The molecule has 2 rings (SSSR count). The Morgan fingerprint density at radius 1 is 1.00 bits per heavy atom. The predicted molar refractivity (Wildman–Crippen MR) is 64.5 cm³/mol. The molecule has 0 spiro atoms. The molecule has 0 saturated carbocycles. The molecule has 0 aliphatic heterocycles. The van der Waals surface area contributed by atoms with Gasteiger partial charge in [-0.2, -0.15) is 0 Å². The van der Waals surface area contributed by atoms with Crippen molar-refractivity contribution in [3.8, 4) is 11.3 Å². The number of pyridine rings is 1. The first kappa shape index (κ1) is 11.0. The van der Waals surface area contributed by atoms with Crippen LogP contribution in [0.2, 0.25) is 5.15 Å². The van der Waals surface area contributed by atoms with Gasteiger partial charge < -0.3 is 0 Å². The summed E-state index contributed by atoms with van der Waals surface area (Å²) in [6, 6.07) is 2.04. The zero-order valence-electron chi connectivity index (χ0n) is 9.45. The lowest BCUT2D eigenvalue weighted by Gasteiger charge is -2.07. The Morgan fingerprint density at radius 3 is 2.44 bits per heavy atom. The van der Waals surface area contributed by atoms with E-state index < -0.39 is 0 Å². The second-order valence-electron chi connectivity index (χ2n) is 3.84. The van der Waals surface area contributed by atoms with E-state index in [1.807, 2.05) is 33.0 Å². The van der Waals surface area contributed by atoms with Crippen LogP contribution in [0.3, 0.4) is 0 Å². The number of nitrogens with zero attached hydrogens (tertiary/aromatic N) is 3. The molecule has 0 bridgehead atoms. The van der Waals surface area contributed by atoms with E-state index in [0.717, 1.165) is 27.9 Å². The summed E-state index contributed by atoms with van der Waals surface area (Å²) in [6.45, 7) is 5.94. The molecule has 0 aromatic carbocycles. The molecule has 0 radical (unpaired) electrons. The first-order valence-electron chi connectivity index (χ1n) is 5.01. The average Bonchev–Trinajstić information content (AvgIpc) is 2.26. The van der Waals surface area contributed by atoms with Crippen LogP contribution in [0.15, 0.2) is 18.5 Å². The Labute approximate surface area is 99.5 Å². The van der Waals surface area contributed by atoms with Crippen LogP contribution >= 0.6 is 11.6 Å². The Balaban J connectivity index is 2.61. The lowest BCUT2D eigenvalue weighted by atomic mass is 10.1. The van der Waals surface area contributed by atoms with Gasteiger partial charge in [-0.3, -0.25) is 4.98 Å². The van der Waals surface area contributed by atoms with Crippen LogP contribution in [0.4, 0.5) is 0 Å². The number of aromatic nitrogens is 3. The highest BCUT2D eigenvalue weighted by Gasteiger charge is 2.10. The van der Waals surface area contributed by atoms with Crippen LogP contribution in [0, 0.1) is 20.8 Å². The Hall–Kier alpha value is -1.48. The molecule has 16 heavy (non-hydrogen) atoms. The van der Waals surface area contributed by atoms with E-state index in [1.54, 1.807) is 6.20 Å². The number of rotatable bonds is 1. The fraction of sp³-hybridized carbons (Fsp3) is 0.250. The highest BCUT2D eigenvalue weighted by molar-refractivity contribution is 6.30. The molecular formula is C12H12ClN3. The van der Waals surface area contributed by atoms with Crippen molar-refractivity contribution < 1.29 is 0 Å². The van der Waals surface area contributed by atoms with Gasteiger partial charge in [-0.05, 0) is 43.5 Å². The second-order valence-corrected chi connectivity index (χ2v) is 4.20. The van der Waals surface area contributed by atoms with Crippen molar-refractivity contribution in [3.63, 3.8) is 0 Å². The number of hydrogen-bond acceptors (Lipinski definition) is 3. The summed E-state index contributed by atoms with van der Waals surface area (Å²) in [5.74, 6) is 0. The minimum atomic E-state index is 0.460. The SMILES string of the molecule is Cc1cncc(-c2nnc(Cl)c(C)c2C)c1. The highest BCUT2D eigenvalue weighted by Crippen LogP contribution is 2.25. The predicted octanol–water partition coefficient (Wildman–Crippen LogP) is 3.12. The number of hydrogen-bond donors (Lipinski definition) is 0. The van der Waals surface area contributed by atoms with Crippen LogP contribution in [0.5, 0.6) is 0 Å². The monoisotopic (exact) mass is 233 g/mol. The Kier molecular flexibility index (Phi) is 2.88. The van der Waals surface area contributed by atoms with Gasteiger partial charge in [-0.15, -0.1) is 10.2 Å². The largest absolute Gasteiger partial charge is 0.264 e. The fourth-order valence-electron chi connectivity index (χ4n) is 1.53. The van der Waals surface area contributed by atoms with Gasteiger partial charge in [0.25, 0.3) is 0 Å². The highest BCUT2D eigenvalue weighted by atomic mass is 35.5. The summed E-state index contributed by atoms with van der Waals surface area (Å²) < 4.78 is 0. The normalized spacial score (nSPS) is 10.5. The van der Waals surface area contributed by atoms with Gasteiger partial charge in [-0.25, -0.2) is 0 Å². The summed E-state index contributed by atoms with van der Waals surface area (Å²) in [5, 5.41) is 8.52. The van der Waals surface area contributed by atoms with Gasteiger partial charge in [0.05, 0.1) is 5.69 Å². The maximum absolute atomic E-state index is 5.92. The van der Waals surface area contributed by atoms with Crippen molar-refractivity contribution in [1.29, 1.82) is 0 Å². The zero-order chi connectivity index (χ0) is 11.7. The Morgan fingerprint density at radius 2 is 1.75 bits per heavy atom. The molecule has 3 nitrogen and oxygen atoms in total. The van der Waals surface area contributed by atoms with Crippen molar-refractivity contribution in [1.82, 2.24) is 15.2 Å². The second kappa shape index (κ2) is 4.18.